The molecule has 1 aliphatic rings. The molecule has 1 saturated heterocycles. The van der Waals surface area contributed by atoms with E-state index in [4.69, 9.17) is 16.3 Å². The fourth-order valence-corrected chi connectivity index (χ4v) is 3.49. The predicted molar refractivity (Wildman–Crippen MR) is 63.9 cm³/mol. The van der Waals surface area contributed by atoms with Crippen LogP contribution in [0.1, 0.15) is 12.0 Å². The molecule has 2 rings (SSSR count). The van der Waals surface area contributed by atoms with Crippen LogP contribution in [-0.4, -0.2) is 26.0 Å². The van der Waals surface area contributed by atoms with Crippen LogP contribution in [0, 0.1) is 6.92 Å². The van der Waals surface area contributed by atoms with E-state index in [1.54, 1.807) is 12.1 Å². The maximum absolute atomic E-state index is 11.3. The maximum atomic E-state index is 11.3. The number of aryl methyl sites for hydroxylation is 1. The summed E-state index contributed by atoms with van der Waals surface area (Å²) in [6.45, 7) is 1.91. The van der Waals surface area contributed by atoms with Crippen LogP contribution in [0.4, 0.5) is 0 Å². The molecule has 0 N–H and O–H groups in total. The Hall–Kier alpha value is -0.740. The average Bonchev–Trinajstić information content (AvgIpc) is 2.52. The van der Waals surface area contributed by atoms with Crippen molar-refractivity contribution < 1.29 is 13.2 Å². The molecule has 1 aromatic carbocycles. The largest absolute Gasteiger partial charge is 0.489 e. The van der Waals surface area contributed by atoms with E-state index in [2.05, 4.69) is 0 Å². The van der Waals surface area contributed by atoms with Gasteiger partial charge in [0.1, 0.15) is 11.9 Å². The van der Waals surface area contributed by atoms with E-state index < -0.39 is 9.84 Å². The summed E-state index contributed by atoms with van der Waals surface area (Å²) in [5.74, 6) is 1.01. The molecule has 0 saturated carbocycles. The molecule has 0 amide bonds. The van der Waals surface area contributed by atoms with Crippen molar-refractivity contribution in [2.24, 2.45) is 0 Å². The number of ether oxygens (including phenoxy) is 1. The lowest BCUT2D eigenvalue weighted by atomic mass is 10.2. The lowest BCUT2D eigenvalue weighted by molar-refractivity contribution is 0.227. The topological polar surface area (TPSA) is 43.4 Å². The van der Waals surface area contributed by atoms with E-state index in [-0.39, 0.29) is 17.6 Å². The van der Waals surface area contributed by atoms with Crippen molar-refractivity contribution in [3.05, 3.63) is 28.8 Å². The van der Waals surface area contributed by atoms with Crippen molar-refractivity contribution >= 4 is 21.4 Å². The van der Waals surface area contributed by atoms with Crippen molar-refractivity contribution in [1.82, 2.24) is 0 Å². The molecule has 0 radical (unpaired) electrons. The number of hydrogen-bond acceptors (Lipinski definition) is 3. The third-order valence-corrected chi connectivity index (χ3v) is 4.61. The number of rotatable bonds is 2. The minimum atomic E-state index is -2.90. The van der Waals surface area contributed by atoms with Crippen LogP contribution < -0.4 is 4.74 Å². The van der Waals surface area contributed by atoms with Crippen LogP contribution in [-0.2, 0) is 9.84 Å². The van der Waals surface area contributed by atoms with Gasteiger partial charge in [0.15, 0.2) is 9.84 Å². The van der Waals surface area contributed by atoms with Crippen molar-refractivity contribution in [3.8, 4) is 5.75 Å². The van der Waals surface area contributed by atoms with Gasteiger partial charge in [0.05, 0.1) is 11.5 Å². The SMILES string of the molecule is Cc1ccc(Cl)cc1OC1CCS(=O)(=O)C1. The minimum absolute atomic E-state index is 0.110. The number of sulfone groups is 1. The van der Waals surface area contributed by atoms with E-state index in [1.165, 1.54) is 0 Å². The second-order valence-corrected chi connectivity index (χ2v) is 6.72. The zero-order valence-corrected chi connectivity index (χ0v) is 10.5. The molecule has 1 atom stereocenters. The first-order valence-electron chi connectivity index (χ1n) is 5.09. The van der Waals surface area contributed by atoms with Crippen molar-refractivity contribution in [3.63, 3.8) is 0 Å². The Bertz CT molecular complexity index is 496. The minimum Gasteiger partial charge on any atom is -0.489 e. The number of hydrogen-bond donors (Lipinski definition) is 0. The quantitative estimate of drug-likeness (QED) is 0.819. The summed E-state index contributed by atoms with van der Waals surface area (Å²) in [5, 5.41) is 0.599. The van der Waals surface area contributed by atoms with E-state index in [0.29, 0.717) is 17.2 Å². The summed E-state index contributed by atoms with van der Waals surface area (Å²) in [4.78, 5) is 0. The lowest BCUT2D eigenvalue weighted by Gasteiger charge is -2.14. The highest BCUT2D eigenvalue weighted by atomic mass is 35.5. The molecule has 1 heterocycles. The Kier molecular flexibility index (Phi) is 3.13. The molecular weight excluding hydrogens is 248 g/mol. The van der Waals surface area contributed by atoms with Gasteiger partial charge in [0.2, 0.25) is 0 Å². The van der Waals surface area contributed by atoms with Crippen LogP contribution in [0.5, 0.6) is 5.75 Å². The molecule has 0 bridgehead atoms. The molecule has 1 unspecified atom stereocenters. The second kappa shape index (κ2) is 4.26. The van der Waals surface area contributed by atoms with Crippen LogP contribution in [0.15, 0.2) is 18.2 Å². The molecular formula is C11H13ClO3S. The van der Waals surface area contributed by atoms with Crippen molar-refractivity contribution in [2.75, 3.05) is 11.5 Å². The fourth-order valence-electron chi connectivity index (χ4n) is 1.73. The first kappa shape index (κ1) is 11.7. The second-order valence-electron chi connectivity index (χ2n) is 4.05. The summed E-state index contributed by atoms with van der Waals surface area (Å²) in [7, 11) is -2.90. The van der Waals surface area contributed by atoms with E-state index >= 15 is 0 Å². The fraction of sp³-hybridized carbons (Fsp3) is 0.455. The number of halogens is 1. The van der Waals surface area contributed by atoms with Gasteiger partial charge in [-0.25, -0.2) is 8.42 Å². The van der Waals surface area contributed by atoms with Gasteiger partial charge in [-0.2, -0.15) is 0 Å². The summed E-state index contributed by atoms with van der Waals surface area (Å²) >= 11 is 5.86. The summed E-state index contributed by atoms with van der Waals surface area (Å²) < 4.78 is 28.2. The smallest absolute Gasteiger partial charge is 0.154 e. The van der Waals surface area contributed by atoms with Crippen LogP contribution in [0.3, 0.4) is 0 Å². The molecule has 1 aromatic rings. The Morgan fingerprint density at radius 1 is 1.44 bits per heavy atom. The molecule has 3 nitrogen and oxygen atoms in total. The van der Waals surface area contributed by atoms with Crippen LogP contribution in [0.25, 0.3) is 0 Å². The molecule has 5 heteroatoms. The highest BCUT2D eigenvalue weighted by molar-refractivity contribution is 7.91. The highest BCUT2D eigenvalue weighted by Gasteiger charge is 2.29. The lowest BCUT2D eigenvalue weighted by Crippen LogP contribution is -2.18. The third kappa shape index (κ3) is 2.68. The molecule has 88 valence electrons. The molecule has 0 aliphatic carbocycles. The predicted octanol–water partition coefficient (Wildman–Crippen LogP) is 2.21. The summed E-state index contributed by atoms with van der Waals surface area (Å²) in [6.07, 6.45) is 0.330. The van der Waals surface area contributed by atoms with E-state index in [1.807, 2.05) is 13.0 Å². The van der Waals surface area contributed by atoms with Gasteiger partial charge in [-0.15, -0.1) is 0 Å². The van der Waals surface area contributed by atoms with E-state index in [9.17, 15) is 8.42 Å². The molecule has 16 heavy (non-hydrogen) atoms. The van der Waals surface area contributed by atoms with Gasteiger partial charge in [0, 0.05) is 5.02 Å². The zero-order chi connectivity index (χ0) is 11.8. The molecule has 0 spiro atoms. The average molecular weight is 261 g/mol. The summed E-state index contributed by atoms with van der Waals surface area (Å²) in [6, 6.07) is 5.37. The monoisotopic (exact) mass is 260 g/mol. The van der Waals surface area contributed by atoms with Gasteiger partial charge in [-0.3, -0.25) is 0 Å². The van der Waals surface area contributed by atoms with Crippen molar-refractivity contribution in [1.29, 1.82) is 0 Å². The first-order chi connectivity index (χ1) is 7.46. The zero-order valence-electron chi connectivity index (χ0n) is 8.94. The third-order valence-electron chi connectivity index (χ3n) is 2.63. The highest BCUT2D eigenvalue weighted by Crippen LogP contribution is 2.26. The van der Waals surface area contributed by atoms with Gasteiger partial charge in [-0.05, 0) is 31.0 Å². The number of benzene rings is 1. The van der Waals surface area contributed by atoms with Crippen LogP contribution in [0.2, 0.25) is 5.02 Å². The first-order valence-corrected chi connectivity index (χ1v) is 7.29. The molecule has 1 aliphatic heterocycles. The Labute approximate surface area is 100 Å². The van der Waals surface area contributed by atoms with E-state index in [0.717, 1.165) is 5.56 Å². The Morgan fingerprint density at radius 3 is 2.81 bits per heavy atom. The maximum Gasteiger partial charge on any atom is 0.154 e. The van der Waals surface area contributed by atoms with Crippen molar-refractivity contribution in [2.45, 2.75) is 19.4 Å². The Morgan fingerprint density at radius 2 is 2.19 bits per heavy atom. The molecule has 0 aromatic heterocycles. The standard InChI is InChI=1S/C11H13ClO3S/c1-8-2-3-9(12)6-11(8)15-10-4-5-16(13,14)7-10/h2-3,6,10H,4-5,7H2,1H3. The van der Waals surface area contributed by atoms with Gasteiger partial charge < -0.3 is 4.74 Å². The van der Waals surface area contributed by atoms with Gasteiger partial charge in [-0.1, -0.05) is 17.7 Å². The van der Waals surface area contributed by atoms with Gasteiger partial charge in [0.25, 0.3) is 0 Å². The normalized spacial score (nSPS) is 23.2. The molecule has 1 fully saturated rings. The Balaban J connectivity index is 2.13. The summed E-state index contributed by atoms with van der Waals surface area (Å²) in [5.41, 5.74) is 0.966. The van der Waals surface area contributed by atoms with Gasteiger partial charge >= 0.3 is 0 Å². The van der Waals surface area contributed by atoms with Crippen LogP contribution >= 0.6 is 11.6 Å².